The van der Waals surface area contributed by atoms with E-state index in [0.29, 0.717) is 23.4 Å². The predicted octanol–water partition coefficient (Wildman–Crippen LogP) is 3.55. The number of thiophene rings is 1. The summed E-state index contributed by atoms with van der Waals surface area (Å²) in [5.74, 6) is -1.28. The molecule has 7 nitrogen and oxygen atoms in total. The lowest BCUT2D eigenvalue weighted by molar-refractivity contribution is -0.167. The van der Waals surface area contributed by atoms with Crippen molar-refractivity contribution in [2.75, 3.05) is 19.0 Å². The van der Waals surface area contributed by atoms with Crippen molar-refractivity contribution in [3.8, 4) is 0 Å². The highest BCUT2D eigenvalue weighted by Crippen LogP contribution is 2.60. The van der Waals surface area contributed by atoms with E-state index < -0.39 is 11.4 Å². The SMILES string of the molecule is COC(=O)c1c(NC(=O)CCN2C(=O)C3CCC(C)(C2=O)C3(C)C)sc2c1CCCC2. The van der Waals surface area contributed by atoms with Crippen LogP contribution in [0.2, 0.25) is 0 Å². The molecule has 0 spiro atoms. The highest BCUT2D eigenvalue weighted by Gasteiger charge is 2.64. The topological polar surface area (TPSA) is 92.8 Å². The van der Waals surface area contributed by atoms with Crippen molar-refractivity contribution in [2.45, 2.75) is 65.7 Å². The van der Waals surface area contributed by atoms with Gasteiger partial charge in [0.25, 0.3) is 0 Å². The molecule has 1 N–H and O–H groups in total. The van der Waals surface area contributed by atoms with Gasteiger partial charge in [0.2, 0.25) is 17.7 Å². The Hall–Kier alpha value is -2.22. The van der Waals surface area contributed by atoms with E-state index in [1.54, 1.807) is 0 Å². The largest absolute Gasteiger partial charge is 0.465 e. The van der Waals surface area contributed by atoms with Crippen LogP contribution in [0.5, 0.6) is 0 Å². The van der Waals surface area contributed by atoms with Crippen LogP contribution in [0.25, 0.3) is 0 Å². The Morgan fingerprint density at radius 1 is 1.19 bits per heavy atom. The van der Waals surface area contributed by atoms with Crippen molar-refractivity contribution in [2.24, 2.45) is 16.7 Å². The molecule has 1 aromatic rings. The van der Waals surface area contributed by atoms with E-state index in [0.717, 1.165) is 36.1 Å². The number of piperidine rings is 1. The molecule has 2 aliphatic carbocycles. The van der Waals surface area contributed by atoms with Gasteiger partial charge in [0.1, 0.15) is 5.00 Å². The predicted molar refractivity (Wildman–Crippen MR) is 117 cm³/mol. The third kappa shape index (κ3) is 3.30. The number of imide groups is 1. The Kier molecular flexibility index (Phi) is 5.48. The highest BCUT2D eigenvalue weighted by molar-refractivity contribution is 7.17. The number of hydrogen-bond acceptors (Lipinski definition) is 6. The molecule has 3 amide bonds. The number of carbonyl (C=O) groups excluding carboxylic acids is 4. The Morgan fingerprint density at radius 2 is 1.90 bits per heavy atom. The van der Waals surface area contributed by atoms with Crippen LogP contribution in [0.15, 0.2) is 0 Å². The number of fused-ring (bicyclic) bond motifs is 3. The second-order valence-electron chi connectivity index (χ2n) is 9.64. The van der Waals surface area contributed by atoms with E-state index in [1.807, 2.05) is 20.8 Å². The summed E-state index contributed by atoms with van der Waals surface area (Å²) in [6, 6.07) is 0. The molecule has 31 heavy (non-hydrogen) atoms. The van der Waals surface area contributed by atoms with E-state index in [4.69, 9.17) is 4.74 Å². The van der Waals surface area contributed by atoms with Crippen LogP contribution in [0.4, 0.5) is 5.00 Å². The van der Waals surface area contributed by atoms with Crippen LogP contribution >= 0.6 is 11.3 Å². The average Bonchev–Trinajstić information content (AvgIpc) is 3.17. The van der Waals surface area contributed by atoms with Gasteiger partial charge in [-0.3, -0.25) is 19.3 Å². The molecule has 2 bridgehead atoms. The molecule has 168 valence electrons. The molecule has 1 saturated heterocycles. The molecule has 0 aromatic carbocycles. The Morgan fingerprint density at radius 3 is 2.61 bits per heavy atom. The molecule has 2 unspecified atom stereocenters. The number of nitrogens with one attached hydrogen (secondary N) is 1. The number of ether oxygens (including phenoxy) is 1. The number of rotatable bonds is 5. The monoisotopic (exact) mass is 446 g/mol. The first-order chi connectivity index (χ1) is 14.6. The van der Waals surface area contributed by atoms with Gasteiger partial charge in [-0.05, 0) is 49.5 Å². The number of amides is 3. The van der Waals surface area contributed by atoms with Crippen molar-refractivity contribution >= 4 is 40.0 Å². The zero-order valence-electron chi connectivity index (χ0n) is 18.6. The smallest absolute Gasteiger partial charge is 0.341 e. The molecule has 8 heteroatoms. The molecule has 1 aromatic heterocycles. The minimum Gasteiger partial charge on any atom is -0.465 e. The lowest BCUT2D eigenvalue weighted by Gasteiger charge is -2.47. The number of esters is 1. The maximum atomic E-state index is 13.1. The lowest BCUT2D eigenvalue weighted by atomic mass is 9.62. The van der Waals surface area contributed by atoms with E-state index >= 15 is 0 Å². The van der Waals surface area contributed by atoms with Gasteiger partial charge in [0, 0.05) is 23.8 Å². The molecule has 4 rings (SSSR count). The van der Waals surface area contributed by atoms with E-state index in [1.165, 1.54) is 23.3 Å². The first kappa shape index (κ1) is 22.0. The second kappa shape index (κ2) is 7.73. The van der Waals surface area contributed by atoms with Crippen LogP contribution in [0.1, 0.15) is 73.7 Å². The van der Waals surface area contributed by atoms with E-state index in [9.17, 15) is 19.2 Å². The summed E-state index contributed by atoms with van der Waals surface area (Å²) >= 11 is 1.43. The van der Waals surface area contributed by atoms with Crippen molar-refractivity contribution in [1.29, 1.82) is 0 Å². The lowest BCUT2D eigenvalue weighted by Crippen LogP contribution is -2.59. The standard InChI is InChI=1S/C23H30N2O5S/c1-22(2)14-9-11-23(22,3)21(29)25(19(14)27)12-10-16(26)24-18-17(20(28)30-4)13-7-5-6-8-15(13)31-18/h14H,5-12H2,1-4H3,(H,24,26). The molecule has 2 heterocycles. The maximum absolute atomic E-state index is 13.1. The van der Waals surface area contributed by atoms with Crippen LogP contribution in [0, 0.1) is 16.7 Å². The summed E-state index contributed by atoms with van der Waals surface area (Å²) in [6.45, 7) is 5.99. The summed E-state index contributed by atoms with van der Waals surface area (Å²) in [4.78, 5) is 53.6. The molecular weight excluding hydrogens is 416 g/mol. The van der Waals surface area contributed by atoms with Gasteiger partial charge in [-0.15, -0.1) is 11.3 Å². The quantitative estimate of drug-likeness (QED) is 0.552. The summed E-state index contributed by atoms with van der Waals surface area (Å²) in [6.07, 6.45) is 5.18. The minimum atomic E-state index is -0.576. The van der Waals surface area contributed by atoms with Gasteiger partial charge in [0.05, 0.1) is 18.1 Å². The number of methoxy groups -OCH3 is 1. The van der Waals surface area contributed by atoms with Gasteiger partial charge in [-0.1, -0.05) is 20.8 Å². The summed E-state index contributed by atoms with van der Waals surface area (Å²) < 4.78 is 4.95. The second-order valence-corrected chi connectivity index (χ2v) is 10.8. The number of aryl methyl sites for hydroxylation is 1. The normalized spacial score (nSPS) is 26.6. The summed E-state index contributed by atoms with van der Waals surface area (Å²) in [5, 5.41) is 3.35. The van der Waals surface area contributed by atoms with Crippen molar-refractivity contribution in [1.82, 2.24) is 4.90 Å². The fraction of sp³-hybridized carbons (Fsp3) is 0.652. The Balaban J connectivity index is 1.47. The molecule has 2 fully saturated rings. The number of anilines is 1. The summed E-state index contributed by atoms with van der Waals surface area (Å²) in [7, 11) is 1.34. The van der Waals surface area contributed by atoms with Crippen molar-refractivity contribution < 1.29 is 23.9 Å². The number of carbonyl (C=O) groups is 4. The van der Waals surface area contributed by atoms with Crippen molar-refractivity contribution in [3.63, 3.8) is 0 Å². The third-order valence-electron chi connectivity index (χ3n) is 7.88. The first-order valence-electron chi connectivity index (χ1n) is 11.0. The molecule has 1 saturated carbocycles. The maximum Gasteiger partial charge on any atom is 0.341 e. The van der Waals surface area contributed by atoms with Crippen LogP contribution in [-0.2, 0) is 32.0 Å². The van der Waals surface area contributed by atoms with E-state index in [-0.39, 0.29) is 42.0 Å². The van der Waals surface area contributed by atoms with Gasteiger partial charge < -0.3 is 10.1 Å². The third-order valence-corrected chi connectivity index (χ3v) is 9.09. The first-order valence-corrected chi connectivity index (χ1v) is 11.8. The molecular formula is C23H30N2O5S. The Bertz CT molecular complexity index is 965. The molecule has 2 atom stereocenters. The number of nitrogens with zero attached hydrogens (tertiary/aromatic N) is 1. The van der Waals surface area contributed by atoms with Crippen LogP contribution in [0.3, 0.4) is 0 Å². The molecule has 1 aliphatic heterocycles. The number of hydrogen-bond donors (Lipinski definition) is 1. The fourth-order valence-corrected chi connectivity index (χ4v) is 6.78. The Labute approximate surface area is 186 Å². The highest BCUT2D eigenvalue weighted by atomic mass is 32.1. The number of likely N-dealkylation sites (tertiary alicyclic amines) is 1. The zero-order chi connectivity index (χ0) is 22.6. The summed E-state index contributed by atoms with van der Waals surface area (Å²) in [5.41, 5.74) is 0.484. The zero-order valence-corrected chi connectivity index (χ0v) is 19.4. The van der Waals surface area contributed by atoms with Gasteiger partial charge in [-0.25, -0.2) is 4.79 Å². The van der Waals surface area contributed by atoms with Crippen molar-refractivity contribution in [3.05, 3.63) is 16.0 Å². The minimum absolute atomic E-state index is 0.00386. The van der Waals surface area contributed by atoms with E-state index in [2.05, 4.69) is 5.32 Å². The van der Waals surface area contributed by atoms with Gasteiger partial charge in [-0.2, -0.15) is 0 Å². The van der Waals surface area contributed by atoms with Crippen LogP contribution in [-0.4, -0.2) is 42.2 Å². The molecule has 3 aliphatic rings. The molecule has 0 radical (unpaired) electrons. The van der Waals surface area contributed by atoms with Crippen LogP contribution < -0.4 is 5.32 Å². The van der Waals surface area contributed by atoms with Gasteiger partial charge >= 0.3 is 5.97 Å². The fourth-order valence-electron chi connectivity index (χ4n) is 5.49. The van der Waals surface area contributed by atoms with Gasteiger partial charge in [0.15, 0.2) is 0 Å². The average molecular weight is 447 g/mol.